The predicted molar refractivity (Wildman–Crippen MR) is 145 cm³/mol. The maximum atomic E-state index is 12.7. The van der Waals surface area contributed by atoms with Crippen LogP contribution in [0.5, 0.6) is 5.75 Å². The smallest absolute Gasteiger partial charge is 0.245 e. The van der Waals surface area contributed by atoms with Crippen molar-refractivity contribution >= 4 is 57.2 Å². The van der Waals surface area contributed by atoms with Gasteiger partial charge in [-0.25, -0.2) is 9.97 Å². The number of anilines is 5. The molecule has 0 spiro atoms. The van der Waals surface area contributed by atoms with Crippen LogP contribution in [0.4, 0.5) is 28.7 Å². The molecule has 3 aromatic carbocycles. The second-order valence-corrected chi connectivity index (χ2v) is 8.54. The maximum absolute atomic E-state index is 12.7. The van der Waals surface area contributed by atoms with Gasteiger partial charge in [-0.2, -0.15) is 5.10 Å². The highest BCUT2D eigenvalue weighted by atomic mass is 35.5. The third-order valence-electron chi connectivity index (χ3n) is 5.60. The average molecular weight is 515 g/mol. The van der Waals surface area contributed by atoms with Crippen molar-refractivity contribution in [2.45, 2.75) is 6.04 Å². The van der Waals surface area contributed by atoms with Crippen LogP contribution in [0.1, 0.15) is 11.6 Å². The monoisotopic (exact) mass is 514 g/mol. The van der Waals surface area contributed by atoms with Crippen molar-refractivity contribution in [3.63, 3.8) is 0 Å². The summed E-state index contributed by atoms with van der Waals surface area (Å²) in [5.41, 5.74) is 9.56. The Labute approximate surface area is 217 Å². The minimum Gasteiger partial charge on any atom is -0.497 e. The number of H-pyrrole nitrogens is 1. The third kappa shape index (κ3) is 5.45. The highest BCUT2D eigenvalue weighted by molar-refractivity contribution is 6.30. The Hall–Kier alpha value is -4.67. The summed E-state index contributed by atoms with van der Waals surface area (Å²) in [7, 11) is 1.57. The first kappa shape index (κ1) is 24.0. The van der Waals surface area contributed by atoms with Crippen LogP contribution in [0.15, 0.2) is 79.1 Å². The second kappa shape index (κ2) is 10.5. The summed E-state index contributed by atoms with van der Waals surface area (Å²) in [4.78, 5) is 21.3. The van der Waals surface area contributed by atoms with Crippen molar-refractivity contribution in [3.8, 4) is 5.75 Å². The molecule has 0 radical (unpaired) electrons. The van der Waals surface area contributed by atoms with Gasteiger partial charge in [0.25, 0.3) is 0 Å². The van der Waals surface area contributed by atoms with E-state index in [0.29, 0.717) is 44.7 Å². The topological polar surface area (TPSA) is 143 Å². The predicted octanol–water partition coefficient (Wildman–Crippen LogP) is 5.14. The number of halogens is 1. The molecule has 5 aromatic rings. The van der Waals surface area contributed by atoms with Crippen LogP contribution in [0.25, 0.3) is 11.0 Å². The van der Waals surface area contributed by atoms with Crippen LogP contribution in [0.2, 0.25) is 5.02 Å². The Kier molecular flexibility index (Phi) is 6.84. The minimum absolute atomic E-state index is 0.332. The fraction of sp³-hybridized carbons (Fsp3) is 0.0769. The quantitative estimate of drug-likeness (QED) is 0.191. The number of aromatic amines is 1. The molecule has 37 heavy (non-hydrogen) atoms. The van der Waals surface area contributed by atoms with Gasteiger partial charge in [-0.05, 0) is 48.0 Å². The number of carbonyl (C=O) groups excluding carboxylic acids is 1. The number of hydrogen-bond acceptors (Lipinski definition) is 8. The number of nitrogens with two attached hydrogens (primary N) is 1. The molecule has 0 fully saturated rings. The molecule has 1 unspecified atom stereocenters. The number of rotatable bonds is 8. The highest BCUT2D eigenvalue weighted by Crippen LogP contribution is 2.31. The molecular formula is C26H23ClN8O2. The lowest BCUT2D eigenvalue weighted by Gasteiger charge is -2.14. The third-order valence-corrected chi connectivity index (χ3v) is 5.83. The van der Waals surface area contributed by atoms with E-state index in [1.807, 2.05) is 24.3 Å². The number of carbonyl (C=O) groups is 1. The fourth-order valence-corrected chi connectivity index (χ4v) is 3.92. The number of ether oxygens (including phenoxy) is 1. The Morgan fingerprint density at radius 1 is 0.946 bits per heavy atom. The van der Waals surface area contributed by atoms with Crippen molar-refractivity contribution in [1.82, 2.24) is 20.2 Å². The number of benzene rings is 3. The molecule has 1 amide bonds. The molecule has 2 aromatic heterocycles. The number of nitrogens with zero attached hydrogens (tertiary/aromatic N) is 3. The summed E-state index contributed by atoms with van der Waals surface area (Å²) in [6.07, 6.45) is 1.45. The van der Waals surface area contributed by atoms with E-state index in [0.717, 1.165) is 11.4 Å². The van der Waals surface area contributed by atoms with Gasteiger partial charge in [0.05, 0.1) is 7.11 Å². The van der Waals surface area contributed by atoms with Crippen LogP contribution >= 0.6 is 11.6 Å². The van der Waals surface area contributed by atoms with Gasteiger partial charge in [-0.3, -0.25) is 9.89 Å². The summed E-state index contributed by atoms with van der Waals surface area (Å²) < 4.78 is 5.19. The lowest BCUT2D eigenvalue weighted by molar-refractivity contribution is -0.117. The van der Waals surface area contributed by atoms with E-state index in [-0.39, 0.29) is 5.91 Å². The van der Waals surface area contributed by atoms with Gasteiger partial charge in [-0.15, -0.1) is 0 Å². The number of fused-ring (bicyclic) bond motifs is 1. The fourth-order valence-electron chi connectivity index (χ4n) is 3.73. The molecule has 0 aliphatic heterocycles. The van der Waals surface area contributed by atoms with Crippen molar-refractivity contribution in [2.24, 2.45) is 5.73 Å². The number of amides is 1. The van der Waals surface area contributed by atoms with Gasteiger partial charge < -0.3 is 26.4 Å². The van der Waals surface area contributed by atoms with E-state index in [4.69, 9.17) is 22.1 Å². The Balaban J connectivity index is 1.31. The molecule has 0 saturated carbocycles. The number of hydrogen-bond donors (Lipinski definition) is 5. The van der Waals surface area contributed by atoms with E-state index in [2.05, 4.69) is 36.1 Å². The minimum atomic E-state index is -0.853. The molecule has 1 atom stereocenters. The molecule has 0 saturated heterocycles. The molecule has 11 heteroatoms. The van der Waals surface area contributed by atoms with Gasteiger partial charge >= 0.3 is 0 Å². The van der Waals surface area contributed by atoms with Crippen LogP contribution < -0.4 is 26.4 Å². The Morgan fingerprint density at radius 3 is 2.49 bits per heavy atom. The van der Waals surface area contributed by atoms with E-state index in [1.54, 1.807) is 55.6 Å². The molecular weight excluding hydrogens is 492 g/mol. The van der Waals surface area contributed by atoms with Crippen molar-refractivity contribution < 1.29 is 9.53 Å². The van der Waals surface area contributed by atoms with E-state index < -0.39 is 6.04 Å². The van der Waals surface area contributed by atoms with E-state index in [1.165, 1.54) is 6.33 Å². The second-order valence-electron chi connectivity index (χ2n) is 8.10. The van der Waals surface area contributed by atoms with Crippen LogP contribution in [0, 0.1) is 0 Å². The summed E-state index contributed by atoms with van der Waals surface area (Å²) in [6, 6.07) is 20.8. The summed E-state index contributed by atoms with van der Waals surface area (Å²) in [5, 5.41) is 17.9. The standard InChI is InChI=1S/C26H23ClN8O2/c1-37-20-7-3-6-19(13-20)33-26(36)22(28)15-8-10-17(11-9-15)31-25-21-23(29-14-30-24(21)34-35-25)32-18-5-2-4-16(27)12-18/h2-14,22H,28H2,1H3,(H,33,36)(H3,29,30,31,32,34,35). The highest BCUT2D eigenvalue weighted by Gasteiger charge is 2.17. The normalized spacial score (nSPS) is 11.6. The lowest BCUT2D eigenvalue weighted by atomic mass is 10.1. The maximum Gasteiger partial charge on any atom is 0.245 e. The SMILES string of the molecule is COc1cccc(NC(=O)C(N)c2ccc(Nc3n[nH]c4ncnc(Nc5cccc(Cl)c5)c34)cc2)c1. The first-order valence-electron chi connectivity index (χ1n) is 11.3. The Morgan fingerprint density at radius 2 is 1.70 bits per heavy atom. The zero-order valence-corrected chi connectivity index (χ0v) is 20.5. The first-order valence-corrected chi connectivity index (χ1v) is 11.7. The van der Waals surface area contributed by atoms with Gasteiger partial charge in [0.15, 0.2) is 11.5 Å². The lowest BCUT2D eigenvalue weighted by Crippen LogP contribution is -2.27. The van der Waals surface area contributed by atoms with Crippen LogP contribution in [0.3, 0.4) is 0 Å². The van der Waals surface area contributed by atoms with Gasteiger partial charge in [0, 0.05) is 28.2 Å². The van der Waals surface area contributed by atoms with Crippen molar-refractivity contribution in [1.29, 1.82) is 0 Å². The molecule has 5 rings (SSSR count). The average Bonchev–Trinajstić information content (AvgIpc) is 3.32. The van der Waals surface area contributed by atoms with Gasteiger partial charge in [0.2, 0.25) is 5.91 Å². The molecule has 0 aliphatic rings. The van der Waals surface area contributed by atoms with Gasteiger partial charge in [0.1, 0.15) is 29.3 Å². The van der Waals surface area contributed by atoms with Crippen LogP contribution in [-0.4, -0.2) is 33.2 Å². The Bertz CT molecular complexity index is 1550. The number of nitrogens with one attached hydrogen (secondary N) is 4. The van der Waals surface area contributed by atoms with Crippen molar-refractivity contribution in [3.05, 3.63) is 89.7 Å². The largest absolute Gasteiger partial charge is 0.497 e. The van der Waals surface area contributed by atoms with Gasteiger partial charge in [-0.1, -0.05) is 35.9 Å². The van der Waals surface area contributed by atoms with Crippen LogP contribution in [-0.2, 0) is 4.79 Å². The summed E-state index contributed by atoms with van der Waals surface area (Å²) >= 11 is 6.11. The molecule has 10 nitrogen and oxygen atoms in total. The van der Waals surface area contributed by atoms with E-state index >= 15 is 0 Å². The van der Waals surface area contributed by atoms with Crippen molar-refractivity contribution in [2.75, 3.05) is 23.1 Å². The molecule has 0 bridgehead atoms. The zero-order chi connectivity index (χ0) is 25.8. The first-order chi connectivity index (χ1) is 18.0. The molecule has 2 heterocycles. The zero-order valence-electron chi connectivity index (χ0n) is 19.7. The molecule has 6 N–H and O–H groups in total. The summed E-state index contributed by atoms with van der Waals surface area (Å²) in [6.45, 7) is 0. The van der Waals surface area contributed by atoms with E-state index in [9.17, 15) is 4.79 Å². The number of aromatic nitrogens is 4. The number of methoxy groups -OCH3 is 1. The summed E-state index contributed by atoms with van der Waals surface area (Å²) in [5.74, 6) is 1.41. The molecule has 186 valence electrons. The molecule has 0 aliphatic carbocycles.